The lowest BCUT2D eigenvalue weighted by Crippen LogP contribution is -2.09. The standard InChI is InChI=1S/C9H8ClFN4O2S/c10-6-2-1-3-7(11)5(6)4-18(16,17)9-13-8(12)14-15-9/h1-3H,4H2,(H3,12,13,14,15). The van der Waals surface area contributed by atoms with E-state index in [1.165, 1.54) is 12.1 Å². The highest BCUT2D eigenvalue weighted by molar-refractivity contribution is 7.90. The van der Waals surface area contributed by atoms with Gasteiger partial charge in [-0.25, -0.2) is 17.9 Å². The van der Waals surface area contributed by atoms with E-state index in [0.29, 0.717) is 0 Å². The number of anilines is 1. The average Bonchev–Trinajstić information content (AvgIpc) is 2.71. The van der Waals surface area contributed by atoms with Gasteiger partial charge in [-0.15, -0.1) is 5.10 Å². The normalized spacial score (nSPS) is 11.7. The molecule has 0 fully saturated rings. The Balaban J connectivity index is 2.40. The topological polar surface area (TPSA) is 102 Å². The number of nitrogens with one attached hydrogen (secondary N) is 1. The maximum atomic E-state index is 13.5. The van der Waals surface area contributed by atoms with Crippen molar-refractivity contribution in [2.45, 2.75) is 10.9 Å². The molecule has 3 N–H and O–H groups in total. The van der Waals surface area contributed by atoms with E-state index in [-0.39, 0.29) is 16.5 Å². The molecule has 96 valence electrons. The molecule has 2 aromatic rings. The zero-order valence-electron chi connectivity index (χ0n) is 8.89. The maximum Gasteiger partial charge on any atom is 0.245 e. The third-order valence-electron chi connectivity index (χ3n) is 2.17. The van der Waals surface area contributed by atoms with Gasteiger partial charge in [0.2, 0.25) is 20.9 Å². The molecule has 0 saturated carbocycles. The molecule has 0 radical (unpaired) electrons. The van der Waals surface area contributed by atoms with Crippen molar-refractivity contribution in [2.75, 3.05) is 5.73 Å². The third kappa shape index (κ3) is 2.44. The van der Waals surface area contributed by atoms with Crippen LogP contribution in [0.3, 0.4) is 0 Å². The number of sulfone groups is 1. The maximum absolute atomic E-state index is 13.5. The number of hydrogen-bond acceptors (Lipinski definition) is 5. The SMILES string of the molecule is Nc1n[nH]c(S(=O)(=O)Cc2c(F)cccc2Cl)n1. The van der Waals surface area contributed by atoms with Gasteiger partial charge in [0.25, 0.3) is 0 Å². The number of aromatic nitrogens is 3. The van der Waals surface area contributed by atoms with Gasteiger partial charge >= 0.3 is 0 Å². The second-order valence-electron chi connectivity index (χ2n) is 3.46. The van der Waals surface area contributed by atoms with Crippen molar-refractivity contribution in [2.24, 2.45) is 0 Å². The van der Waals surface area contributed by atoms with Crippen LogP contribution in [0.15, 0.2) is 23.4 Å². The Morgan fingerprint density at radius 3 is 2.72 bits per heavy atom. The second-order valence-corrected chi connectivity index (χ2v) is 5.77. The van der Waals surface area contributed by atoms with Crippen LogP contribution in [0.4, 0.5) is 10.3 Å². The summed E-state index contributed by atoms with van der Waals surface area (Å²) in [7, 11) is -3.87. The van der Waals surface area contributed by atoms with Crippen LogP contribution in [-0.4, -0.2) is 23.6 Å². The van der Waals surface area contributed by atoms with Crippen LogP contribution >= 0.6 is 11.6 Å². The molecule has 1 heterocycles. The van der Waals surface area contributed by atoms with E-state index < -0.39 is 26.6 Å². The smallest absolute Gasteiger partial charge is 0.245 e. The number of hydrogen-bond donors (Lipinski definition) is 2. The predicted octanol–water partition coefficient (Wildman–Crippen LogP) is 1.15. The molecular weight excluding hydrogens is 283 g/mol. The molecule has 1 aromatic heterocycles. The largest absolute Gasteiger partial charge is 0.366 e. The van der Waals surface area contributed by atoms with Gasteiger partial charge in [-0.3, -0.25) is 0 Å². The lowest BCUT2D eigenvalue weighted by Gasteiger charge is -2.04. The minimum absolute atomic E-state index is 0.0334. The molecule has 0 amide bonds. The van der Waals surface area contributed by atoms with Gasteiger partial charge in [0.1, 0.15) is 5.82 Å². The van der Waals surface area contributed by atoms with Gasteiger partial charge in [-0.2, -0.15) is 4.98 Å². The number of H-pyrrole nitrogens is 1. The Bertz CT molecular complexity index is 665. The molecule has 1 aromatic carbocycles. The van der Waals surface area contributed by atoms with Crippen LogP contribution in [0.1, 0.15) is 5.56 Å². The van der Waals surface area contributed by atoms with Crippen molar-refractivity contribution in [1.82, 2.24) is 15.2 Å². The molecule has 0 atom stereocenters. The lowest BCUT2D eigenvalue weighted by atomic mass is 10.2. The lowest BCUT2D eigenvalue weighted by molar-refractivity contribution is 0.580. The molecular formula is C9H8ClFN4O2S. The molecule has 0 aliphatic carbocycles. The highest BCUT2D eigenvalue weighted by Crippen LogP contribution is 2.23. The Morgan fingerprint density at radius 1 is 1.44 bits per heavy atom. The van der Waals surface area contributed by atoms with Gasteiger partial charge in [-0.1, -0.05) is 17.7 Å². The number of benzene rings is 1. The summed E-state index contributed by atoms with van der Waals surface area (Å²) >= 11 is 5.75. The quantitative estimate of drug-likeness (QED) is 0.883. The van der Waals surface area contributed by atoms with Gasteiger partial charge < -0.3 is 5.73 Å². The zero-order valence-corrected chi connectivity index (χ0v) is 10.5. The summed E-state index contributed by atoms with van der Waals surface area (Å²) in [6.45, 7) is 0. The highest BCUT2D eigenvalue weighted by Gasteiger charge is 2.23. The Hall–Kier alpha value is -1.67. The molecule has 0 aliphatic heterocycles. The van der Waals surface area contributed by atoms with E-state index >= 15 is 0 Å². The van der Waals surface area contributed by atoms with Gasteiger partial charge in [-0.05, 0) is 12.1 Å². The van der Waals surface area contributed by atoms with Crippen LogP contribution in [0.5, 0.6) is 0 Å². The average molecular weight is 291 g/mol. The van der Waals surface area contributed by atoms with Crippen molar-refractivity contribution in [1.29, 1.82) is 0 Å². The minimum atomic E-state index is -3.87. The fourth-order valence-electron chi connectivity index (χ4n) is 1.33. The molecule has 0 aliphatic rings. The Morgan fingerprint density at radius 2 is 2.17 bits per heavy atom. The molecule has 0 bridgehead atoms. The van der Waals surface area contributed by atoms with E-state index in [9.17, 15) is 12.8 Å². The summed E-state index contributed by atoms with van der Waals surface area (Å²) in [6, 6.07) is 3.93. The number of rotatable bonds is 3. The van der Waals surface area contributed by atoms with E-state index in [2.05, 4.69) is 15.2 Å². The summed E-state index contributed by atoms with van der Waals surface area (Å²) in [5.41, 5.74) is 5.09. The van der Waals surface area contributed by atoms with Gasteiger partial charge in [0, 0.05) is 10.6 Å². The molecule has 2 rings (SSSR count). The van der Waals surface area contributed by atoms with Crippen LogP contribution in [0, 0.1) is 5.82 Å². The first kappa shape index (κ1) is 12.8. The van der Waals surface area contributed by atoms with Crippen molar-refractivity contribution < 1.29 is 12.8 Å². The fraction of sp³-hybridized carbons (Fsp3) is 0.111. The highest BCUT2D eigenvalue weighted by atomic mass is 35.5. The van der Waals surface area contributed by atoms with E-state index in [1.807, 2.05) is 0 Å². The van der Waals surface area contributed by atoms with Crippen molar-refractivity contribution >= 4 is 27.4 Å². The van der Waals surface area contributed by atoms with Gasteiger partial charge in [0.15, 0.2) is 0 Å². The minimum Gasteiger partial charge on any atom is -0.366 e. The van der Waals surface area contributed by atoms with E-state index in [4.69, 9.17) is 17.3 Å². The van der Waals surface area contributed by atoms with E-state index in [1.54, 1.807) is 0 Å². The summed E-state index contributed by atoms with van der Waals surface area (Å²) in [5.74, 6) is -1.51. The molecule has 0 saturated heterocycles. The fourth-order valence-corrected chi connectivity index (χ4v) is 2.86. The molecule has 0 unspecified atom stereocenters. The van der Waals surface area contributed by atoms with Crippen LogP contribution in [0.2, 0.25) is 5.02 Å². The van der Waals surface area contributed by atoms with Crippen molar-refractivity contribution in [3.05, 3.63) is 34.6 Å². The molecule has 18 heavy (non-hydrogen) atoms. The molecule has 9 heteroatoms. The van der Waals surface area contributed by atoms with Crippen molar-refractivity contribution in [3.8, 4) is 0 Å². The number of nitrogen functional groups attached to an aromatic ring is 1. The zero-order chi connectivity index (χ0) is 13.3. The summed E-state index contributed by atoms with van der Waals surface area (Å²) in [4.78, 5) is 3.50. The number of nitrogens with zero attached hydrogens (tertiary/aromatic N) is 2. The number of halogens is 2. The van der Waals surface area contributed by atoms with Crippen LogP contribution in [-0.2, 0) is 15.6 Å². The van der Waals surface area contributed by atoms with Crippen molar-refractivity contribution in [3.63, 3.8) is 0 Å². The van der Waals surface area contributed by atoms with Crippen LogP contribution < -0.4 is 5.73 Å². The molecule has 0 spiro atoms. The van der Waals surface area contributed by atoms with E-state index in [0.717, 1.165) is 6.07 Å². The second kappa shape index (κ2) is 4.54. The summed E-state index contributed by atoms with van der Waals surface area (Å²) < 4.78 is 37.3. The predicted molar refractivity (Wildman–Crippen MR) is 63.1 cm³/mol. The molecule has 6 nitrogen and oxygen atoms in total. The van der Waals surface area contributed by atoms with Gasteiger partial charge in [0.05, 0.1) is 5.75 Å². The number of aromatic amines is 1. The third-order valence-corrected chi connectivity index (χ3v) is 3.97. The summed E-state index contributed by atoms with van der Waals surface area (Å²) in [6.07, 6.45) is 0. The number of nitrogens with two attached hydrogens (primary N) is 1. The Labute approximate surface area is 107 Å². The first-order valence-corrected chi connectivity index (χ1v) is 6.76. The monoisotopic (exact) mass is 290 g/mol. The first-order chi connectivity index (χ1) is 8.40. The summed E-state index contributed by atoms with van der Waals surface area (Å²) in [5, 5.41) is 5.19. The van der Waals surface area contributed by atoms with Crippen LogP contribution in [0.25, 0.3) is 0 Å². The Kier molecular flexibility index (Phi) is 3.22. The first-order valence-electron chi connectivity index (χ1n) is 4.73.